The first kappa shape index (κ1) is 16.6. The molecule has 0 unspecified atom stereocenters. The molecule has 0 radical (unpaired) electrons. The van der Waals surface area contributed by atoms with E-state index in [0.29, 0.717) is 6.42 Å². The van der Waals surface area contributed by atoms with Crippen LogP contribution in [0.15, 0.2) is 66.9 Å². The summed E-state index contributed by atoms with van der Waals surface area (Å²) in [4.78, 5) is 17.8. The van der Waals surface area contributed by atoms with E-state index in [1.165, 1.54) is 27.6 Å². The summed E-state index contributed by atoms with van der Waals surface area (Å²) in [6, 6.07) is 18.8. The van der Waals surface area contributed by atoms with Crippen LogP contribution in [0.1, 0.15) is 30.4 Å². The zero-order valence-corrected chi connectivity index (χ0v) is 14.9. The van der Waals surface area contributed by atoms with Crippen LogP contribution in [-0.4, -0.2) is 28.9 Å². The third-order valence-corrected chi connectivity index (χ3v) is 5.22. The van der Waals surface area contributed by atoms with E-state index in [-0.39, 0.29) is 5.91 Å². The molecule has 1 N–H and O–H groups in total. The molecule has 1 aliphatic rings. The van der Waals surface area contributed by atoms with Gasteiger partial charge in [0.15, 0.2) is 0 Å². The van der Waals surface area contributed by atoms with Crippen LogP contribution in [0.5, 0.6) is 0 Å². The number of H-pyrrole nitrogens is 1. The molecule has 0 saturated carbocycles. The van der Waals surface area contributed by atoms with Gasteiger partial charge in [0.25, 0.3) is 0 Å². The number of hydrogen-bond donors (Lipinski definition) is 1. The van der Waals surface area contributed by atoms with Gasteiger partial charge in [-0.1, -0.05) is 54.6 Å². The second-order valence-electron chi connectivity index (χ2n) is 6.90. The summed E-state index contributed by atoms with van der Waals surface area (Å²) in [6.45, 7) is 1.56. The second kappa shape index (κ2) is 7.61. The largest absolute Gasteiger partial charge is 0.361 e. The number of benzene rings is 2. The van der Waals surface area contributed by atoms with Crippen molar-refractivity contribution in [3.05, 3.63) is 78.0 Å². The van der Waals surface area contributed by atoms with Gasteiger partial charge < -0.3 is 9.88 Å². The lowest BCUT2D eigenvalue weighted by atomic mass is 9.99. The zero-order valence-electron chi connectivity index (χ0n) is 14.9. The van der Waals surface area contributed by atoms with E-state index in [4.69, 9.17) is 0 Å². The number of nitrogens with one attached hydrogen (secondary N) is 1. The first-order chi connectivity index (χ1) is 12.8. The average molecular weight is 344 g/mol. The molecule has 1 aromatic heterocycles. The Bertz CT molecular complexity index is 924. The highest BCUT2D eigenvalue weighted by Gasteiger charge is 2.17. The van der Waals surface area contributed by atoms with Crippen molar-refractivity contribution in [2.75, 3.05) is 13.1 Å². The average Bonchev–Trinajstić information content (AvgIpc) is 3.12. The molecule has 4 rings (SSSR count). The number of amides is 1. The molecule has 132 valence electrons. The molecule has 0 aliphatic carbocycles. The number of aryl methyl sites for hydroxylation is 1. The maximum atomic E-state index is 12.5. The highest BCUT2D eigenvalue weighted by atomic mass is 16.2. The molecule has 3 heteroatoms. The van der Waals surface area contributed by atoms with E-state index in [2.05, 4.69) is 59.7 Å². The molecule has 2 aromatic carbocycles. The molecule has 0 atom stereocenters. The SMILES string of the molecule is O=C(CCCc1c[nH]c2ccccc12)N1CC=C(c2ccccc2)CC1. The third kappa shape index (κ3) is 3.57. The minimum absolute atomic E-state index is 0.271. The lowest BCUT2D eigenvalue weighted by molar-refractivity contribution is -0.130. The van der Waals surface area contributed by atoms with Crippen LogP contribution < -0.4 is 0 Å². The Kier molecular flexibility index (Phi) is 4.87. The predicted octanol–water partition coefficient (Wildman–Crippen LogP) is 4.81. The maximum Gasteiger partial charge on any atom is 0.222 e. The van der Waals surface area contributed by atoms with Gasteiger partial charge in [-0.25, -0.2) is 0 Å². The first-order valence-electron chi connectivity index (χ1n) is 9.38. The molecular weight excluding hydrogens is 320 g/mol. The fourth-order valence-electron chi connectivity index (χ4n) is 3.74. The summed E-state index contributed by atoms with van der Waals surface area (Å²) in [6.07, 6.45) is 7.68. The minimum Gasteiger partial charge on any atom is -0.361 e. The number of aromatic nitrogens is 1. The summed E-state index contributed by atoms with van der Waals surface area (Å²) < 4.78 is 0. The molecule has 0 bridgehead atoms. The van der Waals surface area contributed by atoms with Crippen molar-refractivity contribution in [3.63, 3.8) is 0 Å². The van der Waals surface area contributed by atoms with Gasteiger partial charge in [0.2, 0.25) is 5.91 Å². The quantitative estimate of drug-likeness (QED) is 0.708. The second-order valence-corrected chi connectivity index (χ2v) is 6.90. The highest BCUT2D eigenvalue weighted by Crippen LogP contribution is 2.23. The molecule has 1 aliphatic heterocycles. The third-order valence-electron chi connectivity index (χ3n) is 5.22. The van der Waals surface area contributed by atoms with Gasteiger partial charge in [-0.15, -0.1) is 0 Å². The summed E-state index contributed by atoms with van der Waals surface area (Å²) in [5.41, 5.74) is 5.11. The Morgan fingerprint density at radius 2 is 1.85 bits per heavy atom. The van der Waals surface area contributed by atoms with Crippen molar-refractivity contribution in [1.29, 1.82) is 0 Å². The zero-order chi connectivity index (χ0) is 17.8. The van der Waals surface area contributed by atoms with E-state index < -0.39 is 0 Å². The van der Waals surface area contributed by atoms with Gasteiger partial charge >= 0.3 is 0 Å². The summed E-state index contributed by atoms with van der Waals surface area (Å²) >= 11 is 0. The Hall–Kier alpha value is -2.81. The predicted molar refractivity (Wildman–Crippen MR) is 107 cm³/mol. The van der Waals surface area contributed by atoms with Crippen LogP contribution >= 0.6 is 0 Å². The lowest BCUT2D eigenvalue weighted by Gasteiger charge is -2.26. The fraction of sp³-hybridized carbons (Fsp3) is 0.261. The molecule has 0 fully saturated rings. The number of carbonyl (C=O) groups is 1. The molecule has 2 heterocycles. The van der Waals surface area contributed by atoms with E-state index >= 15 is 0 Å². The van der Waals surface area contributed by atoms with Gasteiger partial charge in [-0.05, 0) is 42.0 Å². The summed E-state index contributed by atoms with van der Waals surface area (Å²) in [5.74, 6) is 0.271. The Balaban J connectivity index is 1.30. The van der Waals surface area contributed by atoms with Crippen LogP contribution in [0.4, 0.5) is 0 Å². The van der Waals surface area contributed by atoms with Crippen molar-refractivity contribution in [2.45, 2.75) is 25.7 Å². The lowest BCUT2D eigenvalue weighted by Crippen LogP contribution is -2.34. The summed E-state index contributed by atoms with van der Waals surface area (Å²) in [5, 5.41) is 1.27. The van der Waals surface area contributed by atoms with Crippen molar-refractivity contribution in [1.82, 2.24) is 9.88 Å². The number of hydrogen-bond acceptors (Lipinski definition) is 1. The van der Waals surface area contributed by atoms with Crippen molar-refractivity contribution in [2.24, 2.45) is 0 Å². The topological polar surface area (TPSA) is 36.1 Å². The van der Waals surface area contributed by atoms with Gasteiger partial charge in [-0.3, -0.25) is 4.79 Å². The molecule has 0 saturated heterocycles. The van der Waals surface area contributed by atoms with Crippen LogP contribution in [-0.2, 0) is 11.2 Å². The number of rotatable bonds is 5. The van der Waals surface area contributed by atoms with Crippen LogP contribution in [0, 0.1) is 0 Å². The van der Waals surface area contributed by atoms with E-state index in [0.717, 1.165) is 32.4 Å². The maximum absolute atomic E-state index is 12.5. The van der Waals surface area contributed by atoms with Crippen LogP contribution in [0.25, 0.3) is 16.5 Å². The Labute approximate surface area is 154 Å². The van der Waals surface area contributed by atoms with Crippen molar-refractivity contribution in [3.8, 4) is 0 Å². The highest BCUT2D eigenvalue weighted by molar-refractivity contribution is 5.83. The Morgan fingerprint density at radius 1 is 1.04 bits per heavy atom. The van der Waals surface area contributed by atoms with Gasteiger partial charge in [0.1, 0.15) is 0 Å². The van der Waals surface area contributed by atoms with E-state index in [1.807, 2.05) is 17.0 Å². The van der Waals surface area contributed by atoms with Crippen LogP contribution in [0.3, 0.4) is 0 Å². The molecule has 0 spiro atoms. The van der Waals surface area contributed by atoms with E-state index in [1.54, 1.807) is 0 Å². The van der Waals surface area contributed by atoms with Gasteiger partial charge in [-0.2, -0.15) is 0 Å². The molecule has 3 aromatic rings. The normalized spacial score (nSPS) is 14.5. The number of fused-ring (bicyclic) bond motifs is 1. The van der Waals surface area contributed by atoms with Crippen LogP contribution in [0.2, 0.25) is 0 Å². The number of carbonyl (C=O) groups excluding carboxylic acids is 1. The molecule has 1 amide bonds. The fourth-order valence-corrected chi connectivity index (χ4v) is 3.74. The number of para-hydroxylation sites is 1. The van der Waals surface area contributed by atoms with Gasteiger partial charge in [0, 0.05) is 36.6 Å². The standard InChI is InChI=1S/C23H24N2O/c26-23(12-6-9-20-17-24-22-11-5-4-10-21(20)22)25-15-13-19(14-16-25)18-7-2-1-3-8-18/h1-5,7-8,10-11,13,17,24H,6,9,12,14-16H2. The van der Waals surface area contributed by atoms with Crippen molar-refractivity contribution >= 4 is 22.4 Å². The number of nitrogens with zero attached hydrogens (tertiary/aromatic N) is 1. The van der Waals surface area contributed by atoms with E-state index in [9.17, 15) is 4.79 Å². The minimum atomic E-state index is 0.271. The van der Waals surface area contributed by atoms with Crippen molar-refractivity contribution < 1.29 is 4.79 Å². The first-order valence-corrected chi connectivity index (χ1v) is 9.38. The smallest absolute Gasteiger partial charge is 0.222 e. The summed E-state index contributed by atoms with van der Waals surface area (Å²) in [7, 11) is 0. The number of aromatic amines is 1. The molecule has 3 nitrogen and oxygen atoms in total. The van der Waals surface area contributed by atoms with Gasteiger partial charge in [0.05, 0.1) is 0 Å². The Morgan fingerprint density at radius 3 is 2.65 bits per heavy atom. The monoisotopic (exact) mass is 344 g/mol. The molecular formula is C23H24N2O. The molecule has 26 heavy (non-hydrogen) atoms.